The highest BCUT2D eigenvalue weighted by Gasteiger charge is 2.32. The summed E-state index contributed by atoms with van der Waals surface area (Å²) < 4.78 is 19.3. The third-order valence-corrected chi connectivity index (χ3v) is 4.99. The van der Waals surface area contributed by atoms with Crippen LogP contribution in [0.3, 0.4) is 0 Å². The average Bonchev–Trinajstić information content (AvgIpc) is 2.94. The van der Waals surface area contributed by atoms with Crippen molar-refractivity contribution in [3.63, 3.8) is 0 Å². The van der Waals surface area contributed by atoms with Crippen molar-refractivity contribution < 1.29 is 13.9 Å². The molecule has 4 rings (SSSR count). The number of hydrogen-bond donors (Lipinski definition) is 1. The third-order valence-electron chi connectivity index (χ3n) is 4.99. The van der Waals surface area contributed by atoms with E-state index >= 15 is 0 Å². The van der Waals surface area contributed by atoms with Gasteiger partial charge in [0.1, 0.15) is 11.9 Å². The van der Waals surface area contributed by atoms with Gasteiger partial charge >= 0.3 is 5.97 Å². The van der Waals surface area contributed by atoms with Crippen molar-refractivity contribution in [2.24, 2.45) is 0 Å². The Hall–Kier alpha value is -2.11. The summed E-state index contributed by atoms with van der Waals surface area (Å²) in [5.41, 5.74) is 4.03. The lowest BCUT2D eigenvalue weighted by molar-refractivity contribution is 0.0387. The minimum atomic E-state index is -0.346. The van der Waals surface area contributed by atoms with Crippen molar-refractivity contribution >= 4 is 24.1 Å². The molecule has 26 heavy (non-hydrogen) atoms. The molecule has 2 aliphatic rings. The predicted molar refractivity (Wildman–Crippen MR) is 102 cm³/mol. The number of anilines is 1. The molecule has 138 valence electrons. The zero-order chi connectivity index (χ0) is 17.4. The van der Waals surface area contributed by atoms with Gasteiger partial charge in [-0.15, -0.1) is 12.4 Å². The highest BCUT2D eigenvalue weighted by Crippen LogP contribution is 2.35. The molecule has 0 radical (unpaired) electrons. The second-order valence-corrected chi connectivity index (χ2v) is 6.69. The summed E-state index contributed by atoms with van der Waals surface area (Å²) in [5, 5.41) is 3.32. The Morgan fingerprint density at radius 3 is 2.69 bits per heavy atom. The van der Waals surface area contributed by atoms with Crippen molar-refractivity contribution in [3.8, 4) is 0 Å². The van der Waals surface area contributed by atoms with Gasteiger partial charge in [-0.2, -0.15) is 0 Å². The summed E-state index contributed by atoms with van der Waals surface area (Å²) in [6.07, 6.45) is 0.143. The molecule has 2 aliphatic heterocycles. The molecular weight excluding hydrogens is 355 g/mol. The van der Waals surface area contributed by atoms with Gasteiger partial charge in [0, 0.05) is 43.9 Å². The molecule has 2 aromatic carbocycles. The molecule has 0 amide bonds. The Bertz CT molecular complexity index is 821. The molecule has 4 nitrogen and oxygen atoms in total. The summed E-state index contributed by atoms with van der Waals surface area (Å²) in [6.45, 7) is 5.49. The summed E-state index contributed by atoms with van der Waals surface area (Å²) in [5.74, 6) is -0.513. The second-order valence-electron chi connectivity index (χ2n) is 6.69. The number of halogens is 2. The topological polar surface area (TPSA) is 41.6 Å². The van der Waals surface area contributed by atoms with Crippen LogP contribution in [0, 0.1) is 12.7 Å². The Balaban J connectivity index is 0.00000196. The number of esters is 1. The van der Waals surface area contributed by atoms with Gasteiger partial charge in [0.25, 0.3) is 0 Å². The van der Waals surface area contributed by atoms with E-state index < -0.39 is 0 Å². The van der Waals surface area contributed by atoms with E-state index in [4.69, 9.17) is 4.74 Å². The first-order valence-electron chi connectivity index (χ1n) is 8.67. The van der Waals surface area contributed by atoms with Crippen molar-refractivity contribution in [1.82, 2.24) is 5.32 Å². The number of cyclic esters (lactones) is 1. The lowest BCUT2D eigenvalue weighted by atomic mass is 9.98. The number of nitrogens with one attached hydrogen (secondary N) is 1. The van der Waals surface area contributed by atoms with Gasteiger partial charge in [-0.05, 0) is 36.2 Å². The number of hydrogen-bond acceptors (Lipinski definition) is 4. The highest BCUT2D eigenvalue weighted by molar-refractivity contribution is 5.95. The Morgan fingerprint density at radius 1 is 1.19 bits per heavy atom. The maximum atomic E-state index is 13.8. The van der Waals surface area contributed by atoms with Crippen LogP contribution in [0.15, 0.2) is 36.4 Å². The first-order valence-corrected chi connectivity index (χ1v) is 8.67. The van der Waals surface area contributed by atoms with Crippen LogP contribution in [0.1, 0.15) is 33.2 Å². The van der Waals surface area contributed by atoms with E-state index in [1.807, 2.05) is 18.2 Å². The van der Waals surface area contributed by atoms with Crippen molar-refractivity contribution in [2.45, 2.75) is 19.4 Å². The van der Waals surface area contributed by atoms with Crippen molar-refractivity contribution in [1.29, 1.82) is 0 Å². The molecule has 2 heterocycles. The van der Waals surface area contributed by atoms with E-state index in [0.717, 1.165) is 43.0 Å². The van der Waals surface area contributed by atoms with E-state index in [0.29, 0.717) is 17.5 Å². The van der Waals surface area contributed by atoms with Gasteiger partial charge in [-0.1, -0.05) is 18.2 Å². The van der Waals surface area contributed by atoms with Crippen LogP contribution in [0.5, 0.6) is 0 Å². The number of piperazine rings is 1. The molecule has 0 bridgehead atoms. The Morgan fingerprint density at radius 2 is 1.96 bits per heavy atom. The maximum Gasteiger partial charge on any atom is 0.339 e. The summed E-state index contributed by atoms with van der Waals surface area (Å²) in [7, 11) is 0. The van der Waals surface area contributed by atoms with E-state index in [-0.39, 0.29) is 30.3 Å². The Labute approximate surface area is 158 Å². The molecule has 1 fully saturated rings. The molecule has 0 saturated carbocycles. The largest absolute Gasteiger partial charge is 0.454 e. The van der Waals surface area contributed by atoms with Crippen molar-refractivity contribution in [2.75, 3.05) is 31.1 Å². The summed E-state index contributed by atoms with van der Waals surface area (Å²) in [4.78, 5) is 14.6. The zero-order valence-corrected chi connectivity index (χ0v) is 15.4. The molecule has 0 aromatic heterocycles. The minimum Gasteiger partial charge on any atom is -0.454 e. The van der Waals surface area contributed by atoms with E-state index in [1.165, 1.54) is 6.07 Å². The van der Waals surface area contributed by atoms with Gasteiger partial charge < -0.3 is 15.0 Å². The Kier molecular flexibility index (Phi) is 5.49. The third kappa shape index (κ3) is 3.55. The highest BCUT2D eigenvalue weighted by atomic mass is 35.5. The van der Waals surface area contributed by atoms with Gasteiger partial charge in [0.2, 0.25) is 0 Å². The fraction of sp³-hybridized carbons (Fsp3) is 0.350. The molecule has 1 saturated heterocycles. The molecule has 2 aromatic rings. The second kappa shape index (κ2) is 7.64. The monoisotopic (exact) mass is 376 g/mol. The van der Waals surface area contributed by atoms with Crippen LogP contribution < -0.4 is 10.2 Å². The fourth-order valence-electron chi connectivity index (χ4n) is 3.51. The number of carbonyl (C=O) groups excluding carboxylic acids is 1. The van der Waals surface area contributed by atoms with E-state index in [1.54, 1.807) is 13.0 Å². The van der Waals surface area contributed by atoms with Crippen LogP contribution in [-0.4, -0.2) is 32.1 Å². The summed E-state index contributed by atoms with van der Waals surface area (Å²) >= 11 is 0. The number of ether oxygens (including phenoxy) is 1. The smallest absolute Gasteiger partial charge is 0.339 e. The standard InChI is InChI=1S/C20H21FN2O2.ClH/c1-13-2-3-14(10-18(13)21)11-19-16-5-4-15(12-17(16)20(24)25-19)23-8-6-22-7-9-23;/h2-5,10,12,19,22H,6-9,11H2,1H3;1H. The predicted octanol–water partition coefficient (Wildman–Crippen LogP) is 3.42. The maximum absolute atomic E-state index is 13.8. The number of carbonyl (C=O) groups is 1. The van der Waals surface area contributed by atoms with Gasteiger partial charge in [0.05, 0.1) is 5.56 Å². The SMILES string of the molecule is Cc1ccc(CC2OC(=O)c3cc(N4CCNCC4)ccc32)cc1F.Cl. The average molecular weight is 377 g/mol. The fourth-order valence-corrected chi connectivity index (χ4v) is 3.51. The lowest BCUT2D eigenvalue weighted by Gasteiger charge is -2.29. The van der Waals surface area contributed by atoms with Crippen LogP contribution in [0.4, 0.5) is 10.1 Å². The molecule has 1 unspecified atom stereocenters. The van der Waals surface area contributed by atoms with Crippen LogP contribution >= 0.6 is 12.4 Å². The van der Waals surface area contributed by atoms with Crippen molar-refractivity contribution in [3.05, 3.63) is 64.5 Å². The molecule has 0 spiro atoms. The van der Waals surface area contributed by atoms with Gasteiger partial charge in [-0.25, -0.2) is 9.18 Å². The number of fused-ring (bicyclic) bond motifs is 1. The van der Waals surface area contributed by atoms with Crippen LogP contribution in [-0.2, 0) is 11.2 Å². The molecular formula is C20H22ClFN2O2. The zero-order valence-electron chi connectivity index (χ0n) is 14.6. The van der Waals surface area contributed by atoms with Gasteiger partial charge in [0.15, 0.2) is 0 Å². The summed E-state index contributed by atoms with van der Waals surface area (Å²) in [6, 6.07) is 11.1. The molecule has 1 N–H and O–H groups in total. The minimum absolute atomic E-state index is 0. The number of benzene rings is 2. The number of aryl methyl sites for hydroxylation is 1. The normalized spacial score (nSPS) is 18.9. The van der Waals surface area contributed by atoms with Crippen LogP contribution in [0.2, 0.25) is 0 Å². The molecule has 6 heteroatoms. The van der Waals surface area contributed by atoms with E-state index in [2.05, 4.69) is 16.3 Å². The molecule has 1 atom stereocenters. The van der Waals surface area contributed by atoms with Gasteiger partial charge in [-0.3, -0.25) is 0 Å². The quantitative estimate of drug-likeness (QED) is 0.833. The van der Waals surface area contributed by atoms with Crippen LogP contribution in [0.25, 0.3) is 0 Å². The van der Waals surface area contributed by atoms with E-state index in [9.17, 15) is 9.18 Å². The number of rotatable bonds is 3. The first kappa shape index (κ1) is 18.7. The lowest BCUT2D eigenvalue weighted by Crippen LogP contribution is -2.43. The first-order chi connectivity index (χ1) is 12.1. The number of nitrogens with zero attached hydrogens (tertiary/aromatic N) is 1. The molecule has 0 aliphatic carbocycles.